The summed E-state index contributed by atoms with van der Waals surface area (Å²) in [6.07, 6.45) is -0.378. The molecule has 0 saturated carbocycles. The molecule has 2 rings (SSSR count). The Labute approximate surface area is 125 Å². The summed E-state index contributed by atoms with van der Waals surface area (Å²) in [5, 5.41) is 9.65. The zero-order chi connectivity index (χ0) is 16.3. The van der Waals surface area contributed by atoms with Crippen LogP contribution in [0.4, 0.5) is 8.78 Å². The van der Waals surface area contributed by atoms with E-state index in [0.29, 0.717) is 0 Å². The molecule has 6 nitrogen and oxygen atoms in total. The smallest absolute Gasteiger partial charge is 0.361 e. The lowest BCUT2D eigenvalue weighted by molar-refractivity contribution is 0.0520. The van der Waals surface area contributed by atoms with E-state index in [0.717, 1.165) is 12.1 Å². The quantitative estimate of drug-likeness (QED) is 0.859. The van der Waals surface area contributed by atoms with Gasteiger partial charge in [-0.2, -0.15) is 10.3 Å². The SMILES string of the molecule is CCOC(=O)c1n[nH]nc1-c1cc(F)c(OC(C)C)c(F)c1. The van der Waals surface area contributed by atoms with Gasteiger partial charge in [-0.05, 0) is 32.9 Å². The van der Waals surface area contributed by atoms with Gasteiger partial charge in [0, 0.05) is 5.56 Å². The minimum absolute atomic E-state index is 0.00680. The van der Waals surface area contributed by atoms with E-state index in [1.807, 2.05) is 0 Å². The lowest BCUT2D eigenvalue weighted by Gasteiger charge is -2.12. The molecule has 0 aliphatic heterocycles. The molecular formula is C14H15F2N3O3. The number of nitrogens with zero attached hydrogens (tertiary/aromatic N) is 2. The Hall–Kier alpha value is -2.51. The van der Waals surface area contributed by atoms with E-state index in [1.165, 1.54) is 0 Å². The Balaban J connectivity index is 2.43. The molecular weight excluding hydrogens is 296 g/mol. The highest BCUT2D eigenvalue weighted by Crippen LogP contribution is 2.30. The molecule has 0 atom stereocenters. The Morgan fingerprint density at radius 3 is 2.45 bits per heavy atom. The number of aromatic nitrogens is 3. The molecule has 1 heterocycles. The molecule has 22 heavy (non-hydrogen) atoms. The number of halogens is 2. The summed E-state index contributed by atoms with van der Waals surface area (Å²) >= 11 is 0. The van der Waals surface area contributed by atoms with Gasteiger partial charge in [0.1, 0.15) is 5.69 Å². The molecule has 0 radical (unpaired) electrons. The Kier molecular flexibility index (Phi) is 4.69. The number of hydrogen-bond acceptors (Lipinski definition) is 5. The summed E-state index contributed by atoms with van der Waals surface area (Å²) in [7, 11) is 0. The summed E-state index contributed by atoms with van der Waals surface area (Å²) in [5.74, 6) is -2.97. The molecule has 0 bridgehead atoms. The number of hydrogen-bond donors (Lipinski definition) is 1. The van der Waals surface area contributed by atoms with Crippen LogP contribution in [0.1, 0.15) is 31.3 Å². The molecule has 0 saturated heterocycles. The van der Waals surface area contributed by atoms with E-state index in [4.69, 9.17) is 9.47 Å². The average molecular weight is 311 g/mol. The largest absolute Gasteiger partial charge is 0.485 e. The van der Waals surface area contributed by atoms with Crippen LogP contribution < -0.4 is 4.74 Å². The van der Waals surface area contributed by atoms with Crippen molar-refractivity contribution in [3.05, 3.63) is 29.5 Å². The second kappa shape index (κ2) is 6.50. The van der Waals surface area contributed by atoms with E-state index < -0.39 is 23.4 Å². The monoisotopic (exact) mass is 311 g/mol. The first-order valence-electron chi connectivity index (χ1n) is 6.68. The van der Waals surface area contributed by atoms with Crippen LogP contribution in [0, 0.1) is 11.6 Å². The van der Waals surface area contributed by atoms with Gasteiger partial charge in [-0.25, -0.2) is 13.6 Å². The molecule has 0 unspecified atom stereocenters. The number of ether oxygens (including phenoxy) is 2. The topological polar surface area (TPSA) is 77.1 Å². The lowest BCUT2D eigenvalue weighted by Crippen LogP contribution is -2.09. The molecule has 2 aromatic rings. The van der Waals surface area contributed by atoms with Crippen LogP contribution in [-0.2, 0) is 4.74 Å². The number of benzene rings is 1. The van der Waals surface area contributed by atoms with Crippen LogP contribution in [0.15, 0.2) is 12.1 Å². The predicted molar refractivity (Wildman–Crippen MR) is 73.5 cm³/mol. The van der Waals surface area contributed by atoms with Crippen molar-refractivity contribution in [2.75, 3.05) is 6.61 Å². The maximum absolute atomic E-state index is 14.0. The third-order valence-corrected chi connectivity index (χ3v) is 2.64. The van der Waals surface area contributed by atoms with Gasteiger partial charge in [0.15, 0.2) is 23.1 Å². The van der Waals surface area contributed by atoms with Gasteiger partial charge in [0.2, 0.25) is 0 Å². The highest BCUT2D eigenvalue weighted by Gasteiger charge is 2.22. The number of carbonyl (C=O) groups excluding carboxylic acids is 1. The number of aromatic amines is 1. The van der Waals surface area contributed by atoms with Crippen molar-refractivity contribution < 1.29 is 23.0 Å². The predicted octanol–water partition coefficient (Wildman–Crippen LogP) is 2.71. The van der Waals surface area contributed by atoms with Crippen molar-refractivity contribution in [2.24, 2.45) is 0 Å². The summed E-state index contributed by atoms with van der Waals surface area (Å²) in [5.41, 5.74) is -0.0755. The summed E-state index contributed by atoms with van der Waals surface area (Å²) in [6, 6.07) is 2.06. The maximum atomic E-state index is 14.0. The van der Waals surface area contributed by atoms with Crippen LogP contribution in [-0.4, -0.2) is 34.1 Å². The first kappa shape index (κ1) is 15.9. The molecule has 1 aromatic heterocycles. The highest BCUT2D eigenvalue weighted by atomic mass is 19.1. The highest BCUT2D eigenvalue weighted by molar-refractivity contribution is 5.93. The fraction of sp³-hybridized carbons (Fsp3) is 0.357. The van der Waals surface area contributed by atoms with Gasteiger partial charge in [-0.3, -0.25) is 0 Å². The second-order valence-electron chi connectivity index (χ2n) is 4.68. The Morgan fingerprint density at radius 1 is 1.27 bits per heavy atom. The minimum Gasteiger partial charge on any atom is -0.485 e. The summed E-state index contributed by atoms with van der Waals surface area (Å²) in [4.78, 5) is 11.7. The van der Waals surface area contributed by atoms with Crippen molar-refractivity contribution in [1.29, 1.82) is 0 Å². The third kappa shape index (κ3) is 3.21. The van der Waals surface area contributed by atoms with E-state index in [-0.39, 0.29) is 29.7 Å². The maximum Gasteiger partial charge on any atom is 0.361 e. The minimum atomic E-state index is -0.887. The van der Waals surface area contributed by atoms with Crippen LogP contribution in [0.5, 0.6) is 5.75 Å². The van der Waals surface area contributed by atoms with Gasteiger partial charge in [0.25, 0.3) is 0 Å². The number of carbonyl (C=O) groups is 1. The molecule has 0 spiro atoms. The second-order valence-corrected chi connectivity index (χ2v) is 4.68. The van der Waals surface area contributed by atoms with E-state index in [2.05, 4.69) is 15.4 Å². The van der Waals surface area contributed by atoms with E-state index in [1.54, 1.807) is 20.8 Å². The number of H-pyrrole nitrogens is 1. The van der Waals surface area contributed by atoms with Gasteiger partial charge < -0.3 is 9.47 Å². The average Bonchev–Trinajstić information content (AvgIpc) is 2.92. The summed E-state index contributed by atoms with van der Waals surface area (Å²) < 4.78 is 37.9. The summed E-state index contributed by atoms with van der Waals surface area (Å²) in [6.45, 7) is 5.09. The number of nitrogens with one attached hydrogen (secondary N) is 1. The number of rotatable bonds is 5. The molecule has 0 amide bonds. The van der Waals surface area contributed by atoms with Gasteiger partial charge in [0.05, 0.1) is 12.7 Å². The Bertz CT molecular complexity index is 663. The zero-order valence-corrected chi connectivity index (χ0v) is 12.3. The van der Waals surface area contributed by atoms with E-state index >= 15 is 0 Å². The van der Waals surface area contributed by atoms with Crippen LogP contribution in [0.2, 0.25) is 0 Å². The normalized spacial score (nSPS) is 10.8. The first-order chi connectivity index (χ1) is 10.4. The lowest BCUT2D eigenvalue weighted by atomic mass is 10.1. The van der Waals surface area contributed by atoms with Crippen molar-refractivity contribution in [3.8, 4) is 17.0 Å². The molecule has 1 aromatic carbocycles. The molecule has 0 fully saturated rings. The third-order valence-electron chi connectivity index (χ3n) is 2.64. The molecule has 118 valence electrons. The zero-order valence-electron chi connectivity index (χ0n) is 12.3. The van der Waals surface area contributed by atoms with E-state index in [9.17, 15) is 13.6 Å². The van der Waals surface area contributed by atoms with Crippen molar-refractivity contribution >= 4 is 5.97 Å². The van der Waals surface area contributed by atoms with Gasteiger partial charge in [-0.1, -0.05) is 0 Å². The fourth-order valence-corrected chi connectivity index (χ4v) is 1.82. The molecule has 8 heteroatoms. The Morgan fingerprint density at radius 2 is 1.91 bits per heavy atom. The molecule has 0 aliphatic carbocycles. The molecule has 0 aliphatic rings. The number of esters is 1. The first-order valence-corrected chi connectivity index (χ1v) is 6.68. The van der Waals surface area contributed by atoms with Crippen LogP contribution in [0.3, 0.4) is 0 Å². The van der Waals surface area contributed by atoms with Crippen LogP contribution in [0.25, 0.3) is 11.3 Å². The van der Waals surface area contributed by atoms with Crippen molar-refractivity contribution in [3.63, 3.8) is 0 Å². The van der Waals surface area contributed by atoms with Crippen molar-refractivity contribution in [1.82, 2.24) is 15.4 Å². The standard InChI is InChI=1S/C14H15F2N3O3/c1-4-21-14(20)12-11(17-19-18-12)8-5-9(15)13(10(16)6-8)22-7(2)3/h5-7H,4H2,1-3H3,(H,17,18,19). The molecule has 1 N–H and O–H groups in total. The van der Waals surface area contributed by atoms with Gasteiger partial charge >= 0.3 is 5.97 Å². The van der Waals surface area contributed by atoms with Crippen molar-refractivity contribution in [2.45, 2.75) is 26.9 Å². The van der Waals surface area contributed by atoms with Gasteiger partial charge in [-0.15, -0.1) is 5.10 Å². The fourth-order valence-electron chi connectivity index (χ4n) is 1.82. The van der Waals surface area contributed by atoms with Crippen LogP contribution >= 0.6 is 0 Å².